The van der Waals surface area contributed by atoms with E-state index in [1.165, 1.54) is 12.1 Å². The van der Waals surface area contributed by atoms with E-state index in [1.807, 2.05) is 25.2 Å². The van der Waals surface area contributed by atoms with Crippen molar-refractivity contribution in [2.24, 2.45) is 5.41 Å². The van der Waals surface area contributed by atoms with Crippen molar-refractivity contribution in [3.8, 4) is 21.6 Å². The zero-order valence-electron chi connectivity index (χ0n) is 18.8. The minimum Gasteiger partial charge on any atom is -0.478 e. The maximum atomic E-state index is 12.9. The molecule has 0 saturated carbocycles. The molecule has 0 spiro atoms. The van der Waals surface area contributed by atoms with Crippen LogP contribution in [0.3, 0.4) is 0 Å². The first-order valence-corrected chi connectivity index (χ1v) is 11.7. The van der Waals surface area contributed by atoms with Crippen LogP contribution in [0.1, 0.15) is 52.2 Å². The highest BCUT2D eigenvalue weighted by Gasteiger charge is 2.33. The molecule has 0 aliphatic heterocycles. The minimum atomic E-state index is -4.38. The van der Waals surface area contributed by atoms with Gasteiger partial charge in [0.05, 0.1) is 11.1 Å². The van der Waals surface area contributed by atoms with Gasteiger partial charge in [-0.15, -0.1) is 11.3 Å². The van der Waals surface area contributed by atoms with Crippen molar-refractivity contribution in [2.75, 3.05) is 7.05 Å². The molecule has 1 aliphatic rings. The van der Waals surface area contributed by atoms with E-state index in [-0.39, 0.29) is 5.41 Å². The number of carboxylic acids is 1. The van der Waals surface area contributed by atoms with E-state index in [9.17, 15) is 23.1 Å². The molecule has 0 radical (unpaired) electrons. The van der Waals surface area contributed by atoms with Crippen LogP contribution >= 0.6 is 11.3 Å². The zero-order chi connectivity index (χ0) is 24.0. The summed E-state index contributed by atoms with van der Waals surface area (Å²) in [6.07, 6.45) is -1.74. The summed E-state index contributed by atoms with van der Waals surface area (Å²) in [5, 5.41) is 13.2. The van der Waals surface area contributed by atoms with E-state index >= 15 is 0 Å². The maximum absolute atomic E-state index is 12.9. The van der Waals surface area contributed by atoms with Gasteiger partial charge in [-0.2, -0.15) is 13.2 Å². The van der Waals surface area contributed by atoms with E-state index in [1.54, 1.807) is 11.3 Å². The molecule has 1 aliphatic carbocycles. The quantitative estimate of drug-likeness (QED) is 0.418. The fraction of sp³-hybridized carbons (Fsp3) is 0.346. The van der Waals surface area contributed by atoms with E-state index in [0.717, 1.165) is 63.4 Å². The highest BCUT2D eigenvalue weighted by Crippen LogP contribution is 2.46. The second kappa shape index (κ2) is 8.61. The lowest BCUT2D eigenvalue weighted by Crippen LogP contribution is -2.22. The number of hydrogen-bond donors (Lipinski definition) is 2. The molecule has 2 N–H and O–H groups in total. The monoisotopic (exact) mass is 473 g/mol. The third-order valence-corrected chi connectivity index (χ3v) is 7.58. The van der Waals surface area contributed by atoms with Crippen LogP contribution in [0.4, 0.5) is 13.2 Å². The Kier molecular flexibility index (Phi) is 6.14. The van der Waals surface area contributed by atoms with Gasteiger partial charge in [-0.05, 0) is 77.7 Å². The Morgan fingerprint density at radius 3 is 2.39 bits per heavy atom. The van der Waals surface area contributed by atoms with Crippen LogP contribution in [0, 0.1) is 5.41 Å². The van der Waals surface area contributed by atoms with Crippen molar-refractivity contribution >= 4 is 17.3 Å². The van der Waals surface area contributed by atoms with Crippen molar-refractivity contribution in [3.63, 3.8) is 0 Å². The van der Waals surface area contributed by atoms with Gasteiger partial charge in [-0.3, -0.25) is 0 Å². The number of nitrogens with one attached hydrogen (secondary N) is 1. The van der Waals surface area contributed by atoms with Crippen LogP contribution in [-0.4, -0.2) is 18.1 Å². The summed E-state index contributed by atoms with van der Waals surface area (Å²) in [5.41, 5.74) is 3.95. The number of carbonyl (C=O) groups is 1. The van der Waals surface area contributed by atoms with Crippen molar-refractivity contribution in [3.05, 3.63) is 69.6 Å². The number of halogens is 3. The molecule has 0 saturated heterocycles. The first kappa shape index (κ1) is 23.5. The second-order valence-corrected chi connectivity index (χ2v) is 10.4. The Labute approximate surface area is 195 Å². The van der Waals surface area contributed by atoms with E-state index in [0.29, 0.717) is 17.7 Å². The van der Waals surface area contributed by atoms with Gasteiger partial charge in [0, 0.05) is 16.3 Å². The van der Waals surface area contributed by atoms with E-state index in [4.69, 9.17) is 0 Å². The Bertz CT molecular complexity index is 1190. The fourth-order valence-electron chi connectivity index (χ4n) is 4.52. The second-order valence-electron chi connectivity index (χ2n) is 9.33. The third-order valence-electron chi connectivity index (χ3n) is 6.25. The molecule has 0 fully saturated rings. The standard InChI is InChI=1S/C26H26F3NO2S/c1-25(2)11-10-21-20(13-25)22(24(31)32)23(33-21)19-9-6-16(12-17(19)14-30-3)15-4-7-18(8-5-15)26(27,28)29/h4-9,12,30H,10-11,13-14H2,1-3H3,(H,31,32). The molecule has 0 bridgehead atoms. The molecule has 33 heavy (non-hydrogen) atoms. The summed E-state index contributed by atoms with van der Waals surface area (Å²) in [6, 6.07) is 10.8. The van der Waals surface area contributed by atoms with Gasteiger partial charge in [-0.25, -0.2) is 4.79 Å². The molecular weight excluding hydrogens is 447 g/mol. The normalized spacial score (nSPS) is 15.3. The van der Waals surface area contributed by atoms with E-state index in [2.05, 4.69) is 19.2 Å². The molecule has 7 heteroatoms. The fourth-order valence-corrected chi connectivity index (χ4v) is 5.89. The average molecular weight is 474 g/mol. The third kappa shape index (κ3) is 4.70. The lowest BCUT2D eigenvalue weighted by atomic mass is 9.76. The number of aromatic carboxylic acids is 1. The van der Waals surface area contributed by atoms with Crippen LogP contribution < -0.4 is 5.32 Å². The van der Waals surface area contributed by atoms with Gasteiger partial charge < -0.3 is 10.4 Å². The SMILES string of the molecule is CNCc1cc(-c2ccc(C(F)(F)F)cc2)ccc1-c1sc2c(c1C(=O)O)CC(C)(C)CC2. The Morgan fingerprint density at radius 1 is 1.12 bits per heavy atom. The van der Waals surface area contributed by atoms with Crippen molar-refractivity contribution in [2.45, 2.75) is 45.8 Å². The van der Waals surface area contributed by atoms with Crippen LogP contribution in [0.2, 0.25) is 0 Å². The van der Waals surface area contributed by atoms with Crippen LogP contribution in [-0.2, 0) is 25.6 Å². The molecule has 0 unspecified atom stereocenters. The molecule has 1 aromatic heterocycles. The number of rotatable bonds is 5. The van der Waals surface area contributed by atoms with Gasteiger partial charge in [-0.1, -0.05) is 38.1 Å². The largest absolute Gasteiger partial charge is 0.478 e. The van der Waals surface area contributed by atoms with Crippen molar-refractivity contribution < 1.29 is 23.1 Å². The number of thiophene rings is 1. The highest BCUT2D eigenvalue weighted by atomic mass is 32.1. The summed E-state index contributed by atoms with van der Waals surface area (Å²) in [6.45, 7) is 4.85. The van der Waals surface area contributed by atoms with Gasteiger partial charge >= 0.3 is 12.1 Å². The van der Waals surface area contributed by atoms with Gasteiger partial charge in [0.2, 0.25) is 0 Å². The number of hydrogen-bond acceptors (Lipinski definition) is 3. The molecule has 0 atom stereocenters. The van der Waals surface area contributed by atoms with Gasteiger partial charge in [0.15, 0.2) is 0 Å². The molecule has 2 aromatic carbocycles. The summed E-state index contributed by atoms with van der Waals surface area (Å²) in [5.74, 6) is -0.914. The van der Waals surface area contributed by atoms with Gasteiger partial charge in [0.1, 0.15) is 0 Å². The van der Waals surface area contributed by atoms with Crippen LogP contribution in [0.15, 0.2) is 42.5 Å². The average Bonchev–Trinajstić information content (AvgIpc) is 3.11. The maximum Gasteiger partial charge on any atom is 0.416 e. The molecule has 0 amide bonds. The Morgan fingerprint density at radius 2 is 1.79 bits per heavy atom. The molecule has 1 heterocycles. The molecule has 3 nitrogen and oxygen atoms in total. The first-order chi connectivity index (χ1) is 15.5. The predicted molar refractivity (Wildman–Crippen MR) is 126 cm³/mol. The molecule has 3 aromatic rings. The number of fused-ring (bicyclic) bond motifs is 1. The number of carboxylic acid groups (broad SMARTS) is 1. The van der Waals surface area contributed by atoms with Crippen molar-refractivity contribution in [1.29, 1.82) is 0 Å². The van der Waals surface area contributed by atoms with E-state index < -0.39 is 17.7 Å². The molecule has 174 valence electrons. The predicted octanol–water partition coefficient (Wildman–Crippen LogP) is 7.03. The topological polar surface area (TPSA) is 49.3 Å². The number of aryl methyl sites for hydroxylation is 1. The zero-order valence-corrected chi connectivity index (χ0v) is 19.6. The van der Waals surface area contributed by atoms with Crippen LogP contribution in [0.5, 0.6) is 0 Å². The van der Waals surface area contributed by atoms with Gasteiger partial charge in [0.25, 0.3) is 0 Å². The first-order valence-electron chi connectivity index (χ1n) is 10.8. The molecular formula is C26H26F3NO2S. The Hall–Kier alpha value is -2.64. The highest BCUT2D eigenvalue weighted by molar-refractivity contribution is 7.16. The van der Waals surface area contributed by atoms with Crippen molar-refractivity contribution in [1.82, 2.24) is 5.32 Å². The summed E-state index contributed by atoms with van der Waals surface area (Å²) >= 11 is 1.56. The minimum absolute atomic E-state index is 0.0653. The summed E-state index contributed by atoms with van der Waals surface area (Å²) in [7, 11) is 1.81. The number of benzene rings is 2. The smallest absolute Gasteiger partial charge is 0.416 e. The number of alkyl halides is 3. The summed E-state index contributed by atoms with van der Waals surface area (Å²) in [4.78, 5) is 14.2. The van der Waals surface area contributed by atoms with Crippen LogP contribution in [0.25, 0.3) is 21.6 Å². The summed E-state index contributed by atoms with van der Waals surface area (Å²) < 4.78 is 38.8. The molecule has 4 rings (SSSR count). The Balaban J connectivity index is 1.80. The lowest BCUT2D eigenvalue weighted by molar-refractivity contribution is -0.137. The lowest BCUT2D eigenvalue weighted by Gasteiger charge is -2.29.